The van der Waals surface area contributed by atoms with Crippen molar-refractivity contribution in [2.75, 3.05) is 12.4 Å². The van der Waals surface area contributed by atoms with Gasteiger partial charge in [-0.15, -0.1) is 0 Å². The summed E-state index contributed by atoms with van der Waals surface area (Å²) < 4.78 is 5.20. The van der Waals surface area contributed by atoms with Gasteiger partial charge in [0.2, 0.25) is 0 Å². The second-order valence-corrected chi connectivity index (χ2v) is 5.74. The molecular weight excluding hydrogens is 290 g/mol. The van der Waals surface area contributed by atoms with E-state index >= 15 is 0 Å². The lowest BCUT2D eigenvalue weighted by molar-refractivity contribution is 0.0933. The molecule has 0 unspecified atom stereocenters. The van der Waals surface area contributed by atoms with Crippen molar-refractivity contribution in [2.24, 2.45) is 0 Å². The Morgan fingerprint density at radius 3 is 2.70 bits per heavy atom. The molecule has 1 aliphatic rings. The molecule has 23 heavy (non-hydrogen) atoms. The molecule has 1 amide bonds. The third-order valence-corrected chi connectivity index (χ3v) is 4.04. The van der Waals surface area contributed by atoms with Gasteiger partial charge in [0.1, 0.15) is 11.4 Å². The van der Waals surface area contributed by atoms with Crippen molar-refractivity contribution >= 4 is 17.3 Å². The first-order chi connectivity index (χ1) is 11.2. The van der Waals surface area contributed by atoms with Gasteiger partial charge in [-0.05, 0) is 37.1 Å². The van der Waals surface area contributed by atoms with Crippen LogP contribution in [0.4, 0.5) is 11.4 Å². The maximum absolute atomic E-state index is 12.1. The molecule has 5 nitrogen and oxygen atoms in total. The van der Waals surface area contributed by atoms with Crippen molar-refractivity contribution in [1.82, 2.24) is 10.3 Å². The molecule has 3 rings (SSSR count). The second kappa shape index (κ2) is 7.13. The van der Waals surface area contributed by atoms with E-state index in [1.807, 2.05) is 30.3 Å². The number of benzene rings is 1. The molecule has 0 bridgehead atoms. The number of pyridine rings is 1. The lowest BCUT2D eigenvalue weighted by Gasteiger charge is -2.12. The number of rotatable bonds is 5. The SMILES string of the molecule is COc1cccc(Nc2ccc(C(=O)NC3CCCC3)nc2)c1. The van der Waals surface area contributed by atoms with E-state index in [4.69, 9.17) is 4.74 Å². The highest BCUT2D eigenvalue weighted by Gasteiger charge is 2.18. The number of nitrogens with one attached hydrogen (secondary N) is 2. The van der Waals surface area contributed by atoms with Crippen LogP contribution >= 0.6 is 0 Å². The monoisotopic (exact) mass is 311 g/mol. The molecule has 120 valence electrons. The molecule has 0 spiro atoms. The molecule has 2 aromatic rings. The number of hydrogen-bond acceptors (Lipinski definition) is 4. The van der Waals surface area contributed by atoms with Crippen molar-refractivity contribution < 1.29 is 9.53 Å². The zero-order valence-corrected chi connectivity index (χ0v) is 13.2. The van der Waals surface area contributed by atoms with Crippen molar-refractivity contribution in [3.8, 4) is 5.75 Å². The molecule has 2 N–H and O–H groups in total. The summed E-state index contributed by atoms with van der Waals surface area (Å²) in [6.45, 7) is 0. The van der Waals surface area contributed by atoms with Crippen LogP contribution in [0.25, 0.3) is 0 Å². The quantitative estimate of drug-likeness (QED) is 0.887. The van der Waals surface area contributed by atoms with E-state index in [-0.39, 0.29) is 5.91 Å². The lowest BCUT2D eigenvalue weighted by atomic mass is 10.2. The average molecular weight is 311 g/mol. The Bertz CT molecular complexity index is 664. The summed E-state index contributed by atoms with van der Waals surface area (Å²) in [5, 5.41) is 6.28. The Kier molecular flexibility index (Phi) is 4.76. The van der Waals surface area contributed by atoms with Crippen LogP contribution in [0.1, 0.15) is 36.2 Å². The van der Waals surface area contributed by atoms with Crippen LogP contribution in [-0.4, -0.2) is 24.0 Å². The fraction of sp³-hybridized carbons (Fsp3) is 0.333. The number of anilines is 2. The maximum Gasteiger partial charge on any atom is 0.270 e. The van der Waals surface area contributed by atoms with Gasteiger partial charge in [0.25, 0.3) is 5.91 Å². The molecule has 1 aliphatic carbocycles. The van der Waals surface area contributed by atoms with Crippen LogP contribution in [0.5, 0.6) is 5.75 Å². The Labute approximate surface area is 136 Å². The van der Waals surface area contributed by atoms with Gasteiger partial charge in [-0.3, -0.25) is 4.79 Å². The van der Waals surface area contributed by atoms with E-state index < -0.39 is 0 Å². The minimum absolute atomic E-state index is 0.0927. The first-order valence-electron chi connectivity index (χ1n) is 7.92. The predicted molar refractivity (Wildman–Crippen MR) is 90.2 cm³/mol. The molecule has 0 saturated heterocycles. The molecule has 0 aliphatic heterocycles. The summed E-state index contributed by atoms with van der Waals surface area (Å²) in [6, 6.07) is 11.6. The zero-order valence-electron chi connectivity index (χ0n) is 13.2. The van der Waals surface area contributed by atoms with Crippen LogP contribution in [0.2, 0.25) is 0 Å². The Morgan fingerprint density at radius 2 is 2.00 bits per heavy atom. The topological polar surface area (TPSA) is 63.2 Å². The molecule has 1 aromatic carbocycles. The van der Waals surface area contributed by atoms with Gasteiger partial charge in [-0.2, -0.15) is 0 Å². The minimum Gasteiger partial charge on any atom is -0.497 e. The highest BCUT2D eigenvalue weighted by Crippen LogP contribution is 2.21. The Balaban J connectivity index is 1.63. The number of aromatic nitrogens is 1. The van der Waals surface area contributed by atoms with E-state index in [1.54, 1.807) is 19.4 Å². The first-order valence-corrected chi connectivity index (χ1v) is 7.92. The fourth-order valence-corrected chi connectivity index (χ4v) is 2.80. The smallest absolute Gasteiger partial charge is 0.270 e. The second-order valence-electron chi connectivity index (χ2n) is 5.74. The summed E-state index contributed by atoms with van der Waals surface area (Å²) in [7, 11) is 1.64. The molecule has 0 radical (unpaired) electrons. The normalized spacial score (nSPS) is 14.5. The van der Waals surface area contributed by atoms with Gasteiger partial charge in [0, 0.05) is 17.8 Å². The van der Waals surface area contributed by atoms with E-state index in [1.165, 1.54) is 12.8 Å². The van der Waals surface area contributed by atoms with E-state index in [0.717, 1.165) is 30.0 Å². The number of ether oxygens (including phenoxy) is 1. The van der Waals surface area contributed by atoms with Gasteiger partial charge in [-0.25, -0.2) is 4.98 Å². The molecular formula is C18H21N3O2. The third kappa shape index (κ3) is 4.00. The minimum atomic E-state index is -0.0927. The summed E-state index contributed by atoms with van der Waals surface area (Å²) >= 11 is 0. The molecule has 1 aromatic heterocycles. The van der Waals surface area contributed by atoms with E-state index in [2.05, 4.69) is 15.6 Å². The van der Waals surface area contributed by atoms with Gasteiger partial charge >= 0.3 is 0 Å². The molecule has 1 saturated carbocycles. The van der Waals surface area contributed by atoms with Gasteiger partial charge < -0.3 is 15.4 Å². The molecule has 1 heterocycles. The molecule has 1 fully saturated rings. The largest absolute Gasteiger partial charge is 0.497 e. The van der Waals surface area contributed by atoms with Gasteiger partial charge in [-0.1, -0.05) is 18.9 Å². The number of amides is 1. The van der Waals surface area contributed by atoms with Crippen LogP contribution < -0.4 is 15.4 Å². The number of nitrogens with zero attached hydrogens (tertiary/aromatic N) is 1. The number of carbonyl (C=O) groups is 1. The summed E-state index contributed by atoms with van der Waals surface area (Å²) in [5.41, 5.74) is 2.19. The fourth-order valence-electron chi connectivity index (χ4n) is 2.80. The highest BCUT2D eigenvalue weighted by molar-refractivity contribution is 5.92. The standard InChI is InChI=1S/C18H21N3O2/c1-23-16-8-4-7-14(11-16)20-15-9-10-17(19-12-15)18(22)21-13-5-2-3-6-13/h4,7-13,20H,2-3,5-6H2,1H3,(H,21,22). The van der Waals surface area contributed by atoms with Crippen LogP contribution in [0, 0.1) is 0 Å². The predicted octanol–water partition coefficient (Wildman–Crippen LogP) is 3.51. The number of hydrogen-bond donors (Lipinski definition) is 2. The van der Waals surface area contributed by atoms with Crippen molar-refractivity contribution in [2.45, 2.75) is 31.7 Å². The van der Waals surface area contributed by atoms with Crippen molar-refractivity contribution in [1.29, 1.82) is 0 Å². The Hall–Kier alpha value is -2.56. The number of carbonyl (C=O) groups excluding carboxylic acids is 1. The van der Waals surface area contributed by atoms with Crippen molar-refractivity contribution in [3.05, 3.63) is 48.3 Å². The number of methoxy groups -OCH3 is 1. The van der Waals surface area contributed by atoms with Crippen LogP contribution in [-0.2, 0) is 0 Å². The lowest BCUT2D eigenvalue weighted by Crippen LogP contribution is -2.33. The molecule has 0 atom stereocenters. The van der Waals surface area contributed by atoms with Gasteiger partial charge in [0.15, 0.2) is 0 Å². The summed E-state index contributed by atoms with van der Waals surface area (Å²) in [6.07, 6.45) is 6.20. The summed E-state index contributed by atoms with van der Waals surface area (Å²) in [5.74, 6) is 0.695. The maximum atomic E-state index is 12.1. The van der Waals surface area contributed by atoms with E-state index in [9.17, 15) is 4.79 Å². The van der Waals surface area contributed by atoms with Gasteiger partial charge in [0.05, 0.1) is 19.0 Å². The highest BCUT2D eigenvalue weighted by atomic mass is 16.5. The first kappa shape index (κ1) is 15.3. The molecule has 5 heteroatoms. The summed E-state index contributed by atoms with van der Waals surface area (Å²) in [4.78, 5) is 16.4. The zero-order chi connectivity index (χ0) is 16.1. The van der Waals surface area contributed by atoms with Crippen LogP contribution in [0.15, 0.2) is 42.6 Å². The average Bonchev–Trinajstić information content (AvgIpc) is 3.08. The van der Waals surface area contributed by atoms with Crippen molar-refractivity contribution in [3.63, 3.8) is 0 Å². The Morgan fingerprint density at radius 1 is 1.17 bits per heavy atom. The van der Waals surface area contributed by atoms with E-state index in [0.29, 0.717) is 11.7 Å². The van der Waals surface area contributed by atoms with Crippen LogP contribution in [0.3, 0.4) is 0 Å². The third-order valence-electron chi connectivity index (χ3n) is 4.04.